The van der Waals surface area contributed by atoms with Gasteiger partial charge < -0.3 is 4.74 Å². The molecule has 0 atom stereocenters. The fourth-order valence-electron chi connectivity index (χ4n) is 0.152. The summed E-state index contributed by atoms with van der Waals surface area (Å²) in [4.78, 5) is 0. The summed E-state index contributed by atoms with van der Waals surface area (Å²) in [7, 11) is 0. The van der Waals surface area contributed by atoms with Crippen LogP contribution in [0.5, 0.6) is 0 Å². The molecule has 0 fully saturated rings. The predicted octanol–water partition coefficient (Wildman–Crippen LogP) is 0.305. The van der Waals surface area contributed by atoms with Crippen LogP contribution in [0.3, 0.4) is 0 Å². The standard InChI is InChI=1S/C4H10N2O/c1-4(2,6)7-3-5/h3,5H,6H2,1-2H3. The molecule has 3 N–H and O–H groups in total. The van der Waals surface area contributed by atoms with Crippen LogP contribution in [0, 0.1) is 5.41 Å². The second kappa shape index (κ2) is 1.93. The van der Waals surface area contributed by atoms with Gasteiger partial charge in [-0.05, 0) is 13.8 Å². The van der Waals surface area contributed by atoms with Gasteiger partial charge in [-0.25, -0.2) is 0 Å². The molecule has 0 aromatic carbocycles. The highest BCUT2D eigenvalue weighted by molar-refractivity contribution is 5.41. The van der Waals surface area contributed by atoms with Crippen molar-refractivity contribution in [2.24, 2.45) is 5.73 Å². The Morgan fingerprint density at radius 2 is 2.14 bits per heavy atom. The summed E-state index contributed by atoms with van der Waals surface area (Å²) in [5.74, 6) is 0. The lowest BCUT2D eigenvalue weighted by Crippen LogP contribution is -2.34. The molecule has 42 valence electrons. The highest BCUT2D eigenvalue weighted by atomic mass is 16.5. The molecule has 0 rings (SSSR count). The van der Waals surface area contributed by atoms with E-state index in [0.29, 0.717) is 0 Å². The van der Waals surface area contributed by atoms with E-state index in [2.05, 4.69) is 4.74 Å². The second-order valence-electron chi connectivity index (χ2n) is 1.84. The topological polar surface area (TPSA) is 59.1 Å². The van der Waals surface area contributed by atoms with Crippen LogP contribution < -0.4 is 5.73 Å². The number of nitrogens with two attached hydrogens (primary N) is 1. The second-order valence-corrected chi connectivity index (χ2v) is 1.84. The molecule has 3 nitrogen and oxygen atoms in total. The lowest BCUT2D eigenvalue weighted by atomic mass is 10.3. The summed E-state index contributed by atoms with van der Waals surface area (Å²) in [6.45, 7) is 3.36. The molecule has 0 spiro atoms. The highest BCUT2D eigenvalue weighted by Gasteiger charge is 2.06. The molecule has 0 saturated heterocycles. The van der Waals surface area contributed by atoms with Crippen molar-refractivity contribution in [3.8, 4) is 0 Å². The maximum absolute atomic E-state index is 6.43. The van der Waals surface area contributed by atoms with E-state index in [4.69, 9.17) is 11.1 Å². The van der Waals surface area contributed by atoms with Gasteiger partial charge >= 0.3 is 0 Å². The zero-order chi connectivity index (χ0) is 5.91. The van der Waals surface area contributed by atoms with Crippen molar-refractivity contribution >= 4 is 6.40 Å². The van der Waals surface area contributed by atoms with Crippen LogP contribution in [-0.2, 0) is 4.74 Å². The smallest absolute Gasteiger partial charge is 0.169 e. The summed E-state index contributed by atoms with van der Waals surface area (Å²) in [5, 5.41) is 6.43. The molecule has 3 heteroatoms. The van der Waals surface area contributed by atoms with E-state index in [1.54, 1.807) is 13.8 Å². The summed E-state index contributed by atoms with van der Waals surface area (Å²) >= 11 is 0. The van der Waals surface area contributed by atoms with E-state index in [0.717, 1.165) is 6.40 Å². The number of hydrogen-bond donors (Lipinski definition) is 2. The van der Waals surface area contributed by atoms with Gasteiger partial charge in [0.05, 0.1) is 0 Å². The van der Waals surface area contributed by atoms with Crippen molar-refractivity contribution in [2.45, 2.75) is 19.6 Å². The first-order valence-corrected chi connectivity index (χ1v) is 2.02. The van der Waals surface area contributed by atoms with Gasteiger partial charge in [0.25, 0.3) is 0 Å². The van der Waals surface area contributed by atoms with Crippen LogP contribution in [0.25, 0.3) is 0 Å². The first kappa shape index (κ1) is 6.43. The molecule has 0 heterocycles. The van der Waals surface area contributed by atoms with Crippen LogP contribution in [-0.4, -0.2) is 12.1 Å². The van der Waals surface area contributed by atoms with Crippen LogP contribution in [0.2, 0.25) is 0 Å². The number of nitrogens with one attached hydrogen (secondary N) is 1. The Kier molecular flexibility index (Phi) is 1.77. The molecule has 7 heavy (non-hydrogen) atoms. The molecule has 0 aliphatic carbocycles. The molecule has 0 unspecified atom stereocenters. The predicted molar refractivity (Wildman–Crippen MR) is 28.1 cm³/mol. The van der Waals surface area contributed by atoms with Crippen molar-refractivity contribution in [1.82, 2.24) is 0 Å². The maximum Gasteiger partial charge on any atom is 0.169 e. The minimum Gasteiger partial charge on any atom is -0.464 e. The summed E-state index contributed by atoms with van der Waals surface area (Å²) in [5.41, 5.74) is 4.58. The number of rotatable bonds is 2. The van der Waals surface area contributed by atoms with Gasteiger partial charge in [0.1, 0.15) is 0 Å². The van der Waals surface area contributed by atoms with Crippen LogP contribution >= 0.6 is 0 Å². The Morgan fingerprint density at radius 1 is 1.71 bits per heavy atom. The molecule has 0 bridgehead atoms. The first-order valence-electron chi connectivity index (χ1n) is 2.02. The molecule has 0 aliphatic heterocycles. The molecule has 0 aromatic heterocycles. The Morgan fingerprint density at radius 3 is 2.14 bits per heavy atom. The Labute approximate surface area is 43.0 Å². The van der Waals surface area contributed by atoms with E-state index < -0.39 is 5.72 Å². The summed E-state index contributed by atoms with van der Waals surface area (Å²) in [6.07, 6.45) is 0.833. The molecular weight excluding hydrogens is 92.1 g/mol. The van der Waals surface area contributed by atoms with Crippen LogP contribution in [0.1, 0.15) is 13.8 Å². The molecular formula is C4H10N2O. The normalized spacial score (nSPS) is 10.7. The lowest BCUT2D eigenvalue weighted by Gasteiger charge is -2.15. The number of hydrogen-bond acceptors (Lipinski definition) is 3. The van der Waals surface area contributed by atoms with E-state index >= 15 is 0 Å². The third-order valence-corrected chi connectivity index (χ3v) is 0.363. The quantitative estimate of drug-likeness (QED) is 0.299. The Balaban J connectivity index is 3.34. The van der Waals surface area contributed by atoms with Crippen molar-refractivity contribution in [3.05, 3.63) is 0 Å². The van der Waals surface area contributed by atoms with Crippen molar-refractivity contribution in [1.29, 1.82) is 5.41 Å². The Hall–Kier alpha value is -0.570. The van der Waals surface area contributed by atoms with Gasteiger partial charge in [0.2, 0.25) is 0 Å². The van der Waals surface area contributed by atoms with Crippen LogP contribution in [0.4, 0.5) is 0 Å². The van der Waals surface area contributed by atoms with Gasteiger partial charge in [-0.2, -0.15) is 0 Å². The van der Waals surface area contributed by atoms with Crippen molar-refractivity contribution in [3.63, 3.8) is 0 Å². The van der Waals surface area contributed by atoms with Gasteiger partial charge in [-0.3, -0.25) is 11.1 Å². The monoisotopic (exact) mass is 102 g/mol. The van der Waals surface area contributed by atoms with E-state index in [1.807, 2.05) is 0 Å². The number of ether oxygens (including phenoxy) is 1. The highest BCUT2D eigenvalue weighted by Crippen LogP contribution is 1.93. The SMILES string of the molecule is CC(C)(N)OC=N. The van der Waals surface area contributed by atoms with Crippen LogP contribution in [0.15, 0.2) is 0 Å². The van der Waals surface area contributed by atoms with Gasteiger partial charge in [-0.1, -0.05) is 0 Å². The largest absolute Gasteiger partial charge is 0.464 e. The third-order valence-electron chi connectivity index (χ3n) is 0.363. The van der Waals surface area contributed by atoms with E-state index in [-0.39, 0.29) is 0 Å². The first-order chi connectivity index (χ1) is 3.06. The zero-order valence-electron chi connectivity index (χ0n) is 4.56. The minimum absolute atomic E-state index is 0.693. The molecule has 0 aromatic rings. The van der Waals surface area contributed by atoms with Gasteiger partial charge in [0, 0.05) is 0 Å². The average molecular weight is 102 g/mol. The van der Waals surface area contributed by atoms with Gasteiger partial charge in [0.15, 0.2) is 12.1 Å². The fraction of sp³-hybridized carbons (Fsp3) is 0.750. The van der Waals surface area contributed by atoms with Crippen molar-refractivity contribution < 1.29 is 4.74 Å². The minimum atomic E-state index is -0.693. The average Bonchev–Trinajstić information content (AvgIpc) is 1.30. The molecule has 0 radical (unpaired) electrons. The maximum atomic E-state index is 6.43. The zero-order valence-corrected chi connectivity index (χ0v) is 4.56. The fourth-order valence-corrected chi connectivity index (χ4v) is 0.152. The van der Waals surface area contributed by atoms with Crippen molar-refractivity contribution in [2.75, 3.05) is 0 Å². The van der Waals surface area contributed by atoms with Gasteiger partial charge in [-0.15, -0.1) is 0 Å². The lowest BCUT2D eigenvalue weighted by molar-refractivity contribution is 0.111. The molecule has 0 aliphatic rings. The summed E-state index contributed by atoms with van der Waals surface area (Å²) < 4.78 is 4.55. The molecule has 0 amide bonds. The van der Waals surface area contributed by atoms with E-state index in [9.17, 15) is 0 Å². The third kappa shape index (κ3) is 5.43. The Bertz CT molecular complexity index is 64.6. The molecule has 0 saturated carbocycles. The summed E-state index contributed by atoms with van der Waals surface area (Å²) in [6, 6.07) is 0. The van der Waals surface area contributed by atoms with E-state index in [1.165, 1.54) is 0 Å².